The maximum atomic E-state index is 12.1. The Morgan fingerprint density at radius 3 is 2.52 bits per heavy atom. The number of hydrogen-bond donors (Lipinski definition) is 2. The van der Waals surface area contributed by atoms with Crippen LogP contribution in [0.5, 0.6) is 0 Å². The number of sulfonamides is 1. The summed E-state index contributed by atoms with van der Waals surface area (Å²) in [7, 11) is -3.40. The summed E-state index contributed by atoms with van der Waals surface area (Å²) in [5.74, 6) is 0.859. The van der Waals surface area contributed by atoms with Gasteiger partial charge in [-0.1, -0.05) is 31.1 Å². The third-order valence-corrected chi connectivity index (χ3v) is 5.07. The van der Waals surface area contributed by atoms with Crippen molar-refractivity contribution >= 4 is 16.0 Å². The van der Waals surface area contributed by atoms with Crippen LogP contribution in [0.15, 0.2) is 33.7 Å². The van der Waals surface area contributed by atoms with Crippen molar-refractivity contribution in [3.63, 3.8) is 0 Å². The molecule has 0 unspecified atom stereocenters. The van der Waals surface area contributed by atoms with Gasteiger partial charge in [0.25, 0.3) is 0 Å². The van der Waals surface area contributed by atoms with Gasteiger partial charge in [-0.25, -0.2) is 13.1 Å². The smallest absolute Gasteiger partial charge is 0.321 e. The average Bonchev–Trinajstić information content (AvgIpc) is 3.17. The molecule has 7 nitrogen and oxygen atoms in total. The van der Waals surface area contributed by atoms with Gasteiger partial charge in [0.2, 0.25) is 10.0 Å². The van der Waals surface area contributed by atoms with E-state index in [1.807, 2.05) is 13.8 Å². The standard InChI is InChI=1S/C15H20N4O3S/c1-10(2)14-17-15(22-18-14)16-9-11-3-7-13(8-4-11)23(20,21)19-12-5-6-12/h3-4,7-8,10,12,19H,5-6,9H2,1-2H3,(H,16,17,18). The van der Waals surface area contributed by atoms with Crippen molar-refractivity contribution in [1.82, 2.24) is 14.9 Å². The normalized spacial score (nSPS) is 15.1. The van der Waals surface area contributed by atoms with Gasteiger partial charge >= 0.3 is 6.01 Å². The van der Waals surface area contributed by atoms with Crippen molar-refractivity contribution < 1.29 is 12.9 Å². The van der Waals surface area contributed by atoms with E-state index in [1.165, 1.54) is 0 Å². The first-order valence-electron chi connectivity index (χ1n) is 7.63. The molecule has 0 amide bonds. The van der Waals surface area contributed by atoms with Crippen LogP contribution in [-0.4, -0.2) is 24.6 Å². The van der Waals surface area contributed by atoms with Crippen LogP contribution in [0.25, 0.3) is 0 Å². The highest BCUT2D eigenvalue weighted by molar-refractivity contribution is 7.89. The number of anilines is 1. The molecule has 1 fully saturated rings. The van der Waals surface area contributed by atoms with Crippen LogP contribution in [0.3, 0.4) is 0 Å². The fraction of sp³-hybridized carbons (Fsp3) is 0.467. The van der Waals surface area contributed by atoms with Crippen molar-refractivity contribution in [2.45, 2.75) is 50.1 Å². The van der Waals surface area contributed by atoms with Crippen LogP contribution in [-0.2, 0) is 16.6 Å². The van der Waals surface area contributed by atoms with E-state index in [9.17, 15) is 8.42 Å². The molecule has 2 aromatic rings. The number of nitrogens with zero attached hydrogens (tertiary/aromatic N) is 2. The summed E-state index contributed by atoms with van der Waals surface area (Å²) in [6, 6.07) is 7.22. The Balaban J connectivity index is 1.60. The number of hydrogen-bond acceptors (Lipinski definition) is 6. The van der Waals surface area contributed by atoms with Gasteiger partial charge in [0.05, 0.1) is 4.90 Å². The Morgan fingerprint density at radius 1 is 1.26 bits per heavy atom. The highest BCUT2D eigenvalue weighted by atomic mass is 32.2. The maximum Gasteiger partial charge on any atom is 0.321 e. The molecule has 0 saturated heterocycles. The largest absolute Gasteiger partial charge is 0.334 e. The summed E-state index contributed by atoms with van der Waals surface area (Å²) in [6.07, 6.45) is 1.84. The second kappa shape index (κ2) is 6.29. The van der Waals surface area contributed by atoms with E-state index in [4.69, 9.17) is 4.52 Å². The van der Waals surface area contributed by atoms with E-state index in [0.29, 0.717) is 18.4 Å². The van der Waals surface area contributed by atoms with E-state index in [0.717, 1.165) is 18.4 Å². The van der Waals surface area contributed by atoms with Gasteiger partial charge in [-0.15, -0.1) is 0 Å². The fourth-order valence-electron chi connectivity index (χ4n) is 1.99. The van der Waals surface area contributed by atoms with Gasteiger partial charge in [0, 0.05) is 18.5 Å². The molecule has 1 aliphatic rings. The highest BCUT2D eigenvalue weighted by Gasteiger charge is 2.27. The van der Waals surface area contributed by atoms with Crippen molar-refractivity contribution in [1.29, 1.82) is 0 Å². The molecule has 0 bridgehead atoms. The molecule has 3 rings (SSSR count). The summed E-state index contributed by atoms with van der Waals surface area (Å²) >= 11 is 0. The molecule has 8 heteroatoms. The molecule has 1 saturated carbocycles. The summed E-state index contributed by atoms with van der Waals surface area (Å²) in [4.78, 5) is 4.51. The lowest BCUT2D eigenvalue weighted by Gasteiger charge is -2.07. The predicted molar refractivity (Wildman–Crippen MR) is 85.5 cm³/mol. The Hall–Kier alpha value is -1.93. The molecule has 1 heterocycles. The Morgan fingerprint density at radius 2 is 1.96 bits per heavy atom. The molecule has 0 radical (unpaired) electrons. The summed E-state index contributed by atoms with van der Waals surface area (Å²) in [6.45, 7) is 4.46. The van der Waals surface area contributed by atoms with Crippen LogP contribution in [0.2, 0.25) is 0 Å². The molecular weight excluding hydrogens is 316 g/mol. The van der Waals surface area contributed by atoms with Crippen LogP contribution in [0, 0.1) is 0 Å². The van der Waals surface area contributed by atoms with Crippen LogP contribution < -0.4 is 10.0 Å². The minimum atomic E-state index is -3.40. The first kappa shape index (κ1) is 15.9. The maximum absolute atomic E-state index is 12.1. The first-order chi connectivity index (χ1) is 10.9. The third-order valence-electron chi connectivity index (χ3n) is 3.53. The molecule has 1 aliphatic carbocycles. The van der Waals surface area contributed by atoms with E-state index < -0.39 is 10.0 Å². The minimum Gasteiger partial charge on any atom is -0.334 e. The van der Waals surface area contributed by atoms with Crippen LogP contribution in [0.4, 0.5) is 6.01 Å². The highest BCUT2D eigenvalue weighted by Crippen LogP contribution is 2.22. The zero-order valence-corrected chi connectivity index (χ0v) is 13.9. The molecular formula is C15H20N4O3S. The van der Waals surface area contributed by atoms with Gasteiger partial charge in [-0.3, -0.25) is 0 Å². The fourth-order valence-corrected chi connectivity index (χ4v) is 3.30. The Kier molecular flexibility index (Phi) is 4.36. The molecule has 2 N–H and O–H groups in total. The van der Waals surface area contributed by atoms with Gasteiger partial charge in [0.1, 0.15) is 0 Å². The Labute approximate surface area is 135 Å². The molecule has 0 atom stereocenters. The van der Waals surface area contributed by atoms with Crippen molar-refractivity contribution in [3.8, 4) is 0 Å². The molecule has 1 aromatic heterocycles. The molecule has 0 aliphatic heterocycles. The monoisotopic (exact) mass is 336 g/mol. The first-order valence-corrected chi connectivity index (χ1v) is 9.11. The topological polar surface area (TPSA) is 97.1 Å². The lowest BCUT2D eigenvalue weighted by Crippen LogP contribution is -2.25. The second-order valence-corrected chi connectivity index (χ2v) is 7.72. The SMILES string of the molecule is CC(C)c1noc(NCc2ccc(S(=O)(=O)NC3CC3)cc2)n1. The average molecular weight is 336 g/mol. The quantitative estimate of drug-likeness (QED) is 0.805. The van der Waals surface area contributed by atoms with Gasteiger partial charge in [-0.2, -0.15) is 4.98 Å². The number of aromatic nitrogens is 2. The zero-order valence-electron chi connectivity index (χ0n) is 13.1. The van der Waals surface area contributed by atoms with E-state index in [-0.39, 0.29) is 16.9 Å². The third kappa shape index (κ3) is 4.08. The van der Waals surface area contributed by atoms with Gasteiger partial charge < -0.3 is 9.84 Å². The molecule has 23 heavy (non-hydrogen) atoms. The number of rotatable bonds is 7. The summed E-state index contributed by atoms with van der Waals surface area (Å²) in [5, 5.41) is 6.90. The molecule has 124 valence electrons. The lowest BCUT2D eigenvalue weighted by atomic mass is 10.2. The van der Waals surface area contributed by atoms with Crippen molar-refractivity contribution in [2.75, 3.05) is 5.32 Å². The van der Waals surface area contributed by atoms with Crippen LogP contribution in [0.1, 0.15) is 44.0 Å². The van der Waals surface area contributed by atoms with E-state index in [1.54, 1.807) is 24.3 Å². The number of nitrogens with one attached hydrogen (secondary N) is 2. The van der Waals surface area contributed by atoms with Gasteiger partial charge in [0.15, 0.2) is 5.82 Å². The molecule has 1 aromatic carbocycles. The van der Waals surface area contributed by atoms with Gasteiger partial charge in [-0.05, 0) is 30.5 Å². The van der Waals surface area contributed by atoms with Crippen molar-refractivity contribution in [2.24, 2.45) is 0 Å². The summed E-state index contributed by atoms with van der Waals surface area (Å²) in [5.41, 5.74) is 0.930. The zero-order chi connectivity index (χ0) is 16.4. The molecule has 0 spiro atoms. The second-order valence-electron chi connectivity index (χ2n) is 6.01. The predicted octanol–water partition coefficient (Wildman–Crippen LogP) is 2.25. The van der Waals surface area contributed by atoms with E-state index in [2.05, 4.69) is 20.2 Å². The van der Waals surface area contributed by atoms with E-state index >= 15 is 0 Å². The Bertz CT molecular complexity index is 764. The van der Waals surface area contributed by atoms with Crippen molar-refractivity contribution in [3.05, 3.63) is 35.7 Å². The number of benzene rings is 1. The lowest BCUT2D eigenvalue weighted by molar-refractivity contribution is 0.419. The van der Waals surface area contributed by atoms with Crippen LogP contribution >= 0.6 is 0 Å². The summed E-state index contributed by atoms with van der Waals surface area (Å²) < 4.78 is 31.9. The minimum absolute atomic E-state index is 0.106.